The van der Waals surface area contributed by atoms with Crippen LogP contribution in [-0.4, -0.2) is 23.3 Å². The molecule has 1 atom stereocenters. The minimum Gasteiger partial charge on any atom is -0.387 e. The summed E-state index contributed by atoms with van der Waals surface area (Å²) in [5.74, 6) is 0.591. The van der Waals surface area contributed by atoms with Crippen LogP contribution < -0.4 is 5.32 Å². The van der Waals surface area contributed by atoms with Crippen molar-refractivity contribution in [2.75, 3.05) is 12.3 Å². The molecule has 0 aliphatic rings. The average molecular weight is 342 g/mol. The molecule has 1 amide bonds. The molecule has 1 aromatic heterocycles. The summed E-state index contributed by atoms with van der Waals surface area (Å²) in [5.41, 5.74) is 0.839. The number of carbonyl (C=O) groups excluding carboxylic acids is 1. The fraction of sp³-hybridized carbons (Fsp3) is 0.267. The molecule has 0 bridgehead atoms. The summed E-state index contributed by atoms with van der Waals surface area (Å²) in [6.45, 7) is 0.242. The minimum atomic E-state index is -0.642. The van der Waals surface area contributed by atoms with E-state index in [4.69, 9.17) is 11.6 Å². The van der Waals surface area contributed by atoms with Crippen LogP contribution in [0.1, 0.15) is 18.1 Å². The van der Waals surface area contributed by atoms with E-state index in [0.29, 0.717) is 17.2 Å². The second kappa shape index (κ2) is 8.44. The molecular formula is C15H16ClNO2S2. The molecule has 2 rings (SSSR count). The van der Waals surface area contributed by atoms with Gasteiger partial charge in [-0.15, -0.1) is 11.8 Å². The molecule has 0 fully saturated rings. The summed E-state index contributed by atoms with van der Waals surface area (Å²) in [5, 5.41) is 17.1. The van der Waals surface area contributed by atoms with Crippen molar-refractivity contribution in [2.24, 2.45) is 0 Å². The van der Waals surface area contributed by atoms with Crippen LogP contribution in [0.5, 0.6) is 0 Å². The van der Waals surface area contributed by atoms with Crippen LogP contribution in [0.25, 0.3) is 0 Å². The van der Waals surface area contributed by atoms with Crippen molar-refractivity contribution in [1.29, 1.82) is 0 Å². The molecule has 3 nitrogen and oxygen atoms in total. The van der Waals surface area contributed by atoms with E-state index in [-0.39, 0.29) is 12.5 Å². The van der Waals surface area contributed by atoms with Crippen molar-refractivity contribution in [3.8, 4) is 0 Å². The van der Waals surface area contributed by atoms with Gasteiger partial charge < -0.3 is 10.4 Å². The molecule has 0 radical (unpaired) electrons. The van der Waals surface area contributed by atoms with Crippen molar-refractivity contribution < 1.29 is 9.90 Å². The SMILES string of the molecule is O=C(CCSc1ccccc1Cl)NCC(O)c1ccsc1. The maximum atomic E-state index is 11.7. The lowest BCUT2D eigenvalue weighted by atomic mass is 10.2. The number of aliphatic hydroxyl groups excluding tert-OH is 1. The molecule has 112 valence electrons. The highest BCUT2D eigenvalue weighted by atomic mass is 35.5. The molecule has 1 heterocycles. The third kappa shape index (κ3) is 5.36. The molecule has 2 N–H and O–H groups in total. The first-order chi connectivity index (χ1) is 10.2. The Kier molecular flexibility index (Phi) is 6.57. The third-order valence-corrected chi connectivity index (χ3v) is 5.06. The van der Waals surface area contributed by atoms with E-state index in [1.54, 1.807) is 11.8 Å². The van der Waals surface area contributed by atoms with Gasteiger partial charge in [0.2, 0.25) is 5.91 Å². The predicted molar refractivity (Wildman–Crippen MR) is 89.1 cm³/mol. The van der Waals surface area contributed by atoms with Crippen molar-refractivity contribution in [2.45, 2.75) is 17.4 Å². The maximum absolute atomic E-state index is 11.7. The molecule has 0 saturated heterocycles. The summed E-state index contributed by atoms with van der Waals surface area (Å²) in [4.78, 5) is 12.7. The molecule has 0 spiro atoms. The number of rotatable bonds is 7. The first-order valence-electron chi connectivity index (χ1n) is 6.51. The number of nitrogens with one attached hydrogen (secondary N) is 1. The van der Waals surface area contributed by atoms with Gasteiger partial charge in [0.15, 0.2) is 0 Å². The van der Waals surface area contributed by atoms with Crippen molar-refractivity contribution in [3.63, 3.8) is 0 Å². The van der Waals surface area contributed by atoms with Crippen molar-refractivity contribution in [1.82, 2.24) is 5.32 Å². The summed E-state index contributed by atoms with van der Waals surface area (Å²) in [6.07, 6.45) is -0.247. The standard InChI is InChI=1S/C15H16ClNO2S2/c16-12-3-1-2-4-14(12)21-8-6-15(19)17-9-13(18)11-5-7-20-10-11/h1-5,7,10,13,18H,6,8-9H2,(H,17,19). The highest BCUT2D eigenvalue weighted by molar-refractivity contribution is 7.99. The van der Waals surface area contributed by atoms with Gasteiger partial charge in [0.05, 0.1) is 11.1 Å². The van der Waals surface area contributed by atoms with Crippen LogP contribution in [0.15, 0.2) is 46.0 Å². The average Bonchev–Trinajstić information content (AvgIpc) is 3.01. The second-order valence-corrected chi connectivity index (χ2v) is 6.73. The van der Waals surface area contributed by atoms with Crippen LogP contribution in [0.3, 0.4) is 0 Å². The number of thiophene rings is 1. The van der Waals surface area contributed by atoms with Crippen molar-refractivity contribution in [3.05, 3.63) is 51.7 Å². The van der Waals surface area contributed by atoms with Crippen LogP contribution in [-0.2, 0) is 4.79 Å². The zero-order valence-electron chi connectivity index (χ0n) is 11.3. The quantitative estimate of drug-likeness (QED) is 0.754. The zero-order chi connectivity index (χ0) is 15.1. The predicted octanol–water partition coefficient (Wildman–Crippen LogP) is 3.73. The van der Waals surface area contributed by atoms with Gasteiger partial charge in [-0.2, -0.15) is 11.3 Å². The van der Waals surface area contributed by atoms with E-state index in [1.807, 2.05) is 41.1 Å². The lowest BCUT2D eigenvalue weighted by Gasteiger charge is -2.10. The minimum absolute atomic E-state index is 0.0659. The molecule has 21 heavy (non-hydrogen) atoms. The highest BCUT2D eigenvalue weighted by Crippen LogP contribution is 2.26. The molecular weight excluding hydrogens is 326 g/mol. The maximum Gasteiger partial charge on any atom is 0.220 e. The Morgan fingerprint density at radius 3 is 2.90 bits per heavy atom. The van der Waals surface area contributed by atoms with Crippen molar-refractivity contribution >= 4 is 40.6 Å². The fourth-order valence-electron chi connectivity index (χ4n) is 1.70. The Bertz CT molecular complexity index is 575. The van der Waals surface area contributed by atoms with E-state index in [2.05, 4.69) is 5.32 Å². The van der Waals surface area contributed by atoms with Gasteiger partial charge >= 0.3 is 0 Å². The van der Waals surface area contributed by atoms with Gasteiger partial charge in [-0.1, -0.05) is 23.7 Å². The van der Waals surface area contributed by atoms with Gasteiger partial charge in [0, 0.05) is 23.6 Å². The lowest BCUT2D eigenvalue weighted by molar-refractivity contribution is -0.121. The third-order valence-electron chi connectivity index (χ3n) is 2.84. The molecule has 0 aliphatic carbocycles. The van der Waals surface area contributed by atoms with Crippen LogP contribution in [0, 0.1) is 0 Å². The Morgan fingerprint density at radius 2 is 2.19 bits per heavy atom. The topological polar surface area (TPSA) is 49.3 Å². The zero-order valence-corrected chi connectivity index (χ0v) is 13.7. The largest absolute Gasteiger partial charge is 0.387 e. The molecule has 1 aromatic carbocycles. The normalized spacial score (nSPS) is 12.1. The second-order valence-electron chi connectivity index (χ2n) is 4.41. The van der Waals surface area contributed by atoms with Crippen LogP contribution >= 0.6 is 34.7 Å². The molecule has 6 heteroatoms. The van der Waals surface area contributed by atoms with E-state index < -0.39 is 6.10 Å². The monoisotopic (exact) mass is 341 g/mol. The number of halogens is 1. The van der Waals surface area contributed by atoms with E-state index in [1.165, 1.54) is 11.3 Å². The Hall–Kier alpha value is -1.01. The van der Waals surface area contributed by atoms with Gasteiger partial charge in [-0.05, 0) is 34.5 Å². The molecule has 2 aromatic rings. The fourth-order valence-corrected chi connectivity index (χ4v) is 3.59. The first kappa shape index (κ1) is 16.4. The number of carbonyl (C=O) groups is 1. The van der Waals surface area contributed by atoms with Gasteiger partial charge in [-0.25, -0.2) is 0 Å². The summed E-state index contributed by atoms with van der Waals surface area (Å²) in [6, 6.07) is 9.43. The van der Waals surface area contributed by atoms with E-state index in [0.717, 1.165) is 10.5 Å². The first-order valence-corrected chi connectivity index (χ1v) is 8.81. The molecule has 0 saturated carbocycles. The summed E-state index contributed by atoms with van der Waals surface area (Å²) >= 11 is 9.13. The Balaban J connectivity index is 1.67. The number of amides is 1. The van der Waals surface area contributed by atoms with Crippen LogP contribution in [0.4, 0.5) is 0 Å². The Labute approximate surface area is 137 Å². The number of aliphatic hydroxyl groups is 1. The number of benzene rings is 1. The number of hydrogen-bond acceptors (Lipinski definition) is 4. The van der Waals surface area contributed by atoms with Gasteiger partial charge in [0.1, 0.15) is 0 Å². The van der Waals surface area contributed by atoms with E-state index in [9.17, 15) is 9.90 Å². The van der Waals surface area contributed by atoms with Crippen LogP contribution in [0.2, 0.25) is 5.02 Å². The lowest BCUT2D eigenvalue weighted by Crippen LogP contribution is -2.28. The Morgan fingerprint density at radius 1 is 1.38 bits per heavy atom. The van der Waals surface area contributed by atoms with Gasteiger partial charge in [-0.3, -0.25) is 4.79 Å². The smallest absolute Gasteiger partial charge is 0.220 e. The van der Waals surface area contributed by atoms with Gasteiger partial charge in [0.25, 0.3) is 0 Å². The summed E-state index contributed by atoms with van der Waals surface area (Å²) in [7, 11) is 0. The van der Waals surface area contributed by atoms with E-state index >= 15 is 0 Å². The number of thioether (sulfide) groups is 1. The molecule has 0 aliphatic heterocycles. The molecule has 1 unspecified atom stereocenters. The number of hydrogen-bond donors (Lipinski definition) is 2. The highest BCUT2D eigenvalue weighted by Gasteiger charge is 2.10. The summed E-state index contributed by atoms with van der Waals surface area (Å²) < 4.78 is 0.